The molecule has 0 aromatic carbocycles. The van der Waals surface area contributed by atoms with Crippen LogP contribution in [-0.2, 0) is 4.74 Å². The molecule has 25 heavy (non-hydrogen) atoms. The lowest BCUT2D eigenvalue weighted by atomic mass is 10.1. The van der Waals surface area contributed by atoms with Crippen molar-refractivity contribution < 1.29 is 14.3 Å². The molecule has 0 atom stereocenters. The van der Waals surface area contributed by atoms with Crippen LogP contribution in [0.4, 0.5) is 10.7 Å². The average Bonchev–Trinajstić information content (AvgIpc) is 2.54. The maximum Gasteiger partial charge on any atom is 0.409 e. The van der Waals surface area contributed by atoms with Crippen molar-refractivity contribution in [2.45, 2.75) is 52.6 Å². The third kappa shape index (κ3) is 5.58. The SMILES string of the molecule is CCOC(=O)N1CCC(Nc2nc(C)cc(C(=O)NC(C)C)n2)CC1. The molecule has 1 saturated heterocycles. The molecule has 1 aromatic rings. The number of aryl methyl sites for hydroxylation is 1. The zero-order valence-electron chi connectivity index (χ0n) is 15.3. The maximum atomic E-state index is 12.1. The van der Waals surface area contributed by atoms with E-state index in [0.717, 1.165) is 18.5 Å². The molecule has 0 unspecified atom stereocenters. The highest BCUT2D eigenvalue weighted by Gasteiger charge is 2.24. The summed E-state index contributed by atoms with van der Waals surface area (Å²) in [5.41, 5.74) is 1.09. The molecule has 8 nitrogen and oxygen atoms in total. The second-order valence-corrected chi connectivity index (χ2v) is 6.45. The van der Waals surface area contributed by atoms with E-state index in [9.17, 15) is 9.59 Å². The third-order valence-electron chi connectivity index (χ3n) is 3.86. The molecule has 8 heteroatoms. The maximum absolute atomic E-state index is 12.1. The highest BCUT2D eigenvalue weighted by atomic mass is 16.6. The molecule has 2 N–H and O–H groups in total. The fourth-order valence-electron chi connectivity index (χ4n) is 2.69. The van der Waals surface area contributed by atoms with E-state index in [0.29, 0.717) is 31.3 Å². The fourth-order valence-corrected chi connectivity index (χ4v) is 2.69. The lowest BCUT2D eigenvalue weighted by Crippen LogP contribution is -2.42. The van der Waals surface area contributed by atoms with Gasteiger partial charge in [0.2, 0.25) is 5.95 Å². The van der Waals surface area contributed by atoms with Gasteiger partial charge in [-0.05, 0) is 46.6 Å². The highest BCUT2D eigenvalue weighted by Crippen LogP contribution is 2.16. The number of anilines is 1. The van der Waals surface area contributed by atoms with E-state index in [-0.39, 0.29) is 24.1 Å². The number of likely N-dealkylation sites (tertiary alicyclic amines) is 1. The van der Waals surface area contributed by atoms with Gasteiger partial charge in [0.15, 0.2) is 0 Å². The van der Waals surface area contributed by atoms with Gasteiger partial charge in [-0.2, -0.15) is 0 Å². The normalized spacial score (nSPS) is 15.2. The number of amides is 2. The monoisotopic (exact) mass is 349 g/mol. The molecule has 0 saturated carbocycles. The number of nitrogens with one attached hydrogen (secondary N) is 2. The van der Waals surface area contributed by atoms with Crippen molar-refractivity contribution in [2.75, 3.05) is 25.0 Å². The predicted octanol–water partition coefficient (Wildman–Crippen LogP) is 1.96. The van der Waals surface area contributed by atoms with Gasteiger partial charge in [0.05, 0.1) is 6.61 Å². The molecular weight excluding hydrogens is 322 g/mol. The molecule has 138 valence electrons. The van der Waals surface area contributed by atoms with Crippen molar-refractivity contribution in [3.63, 3.8) is 0 Å². The Kier molecular flexibility index (Phi) is 6.55. The summed E-state index contributed by atoms with van der Waals surface area (Å²) in [5.74, 6) is 0.240. The van der Waals surface area contributed by atoms with E-state index < -0.39 is 0 Å². The molecular formula is C17H27N5O3. The number of rotatable bonds is 5. The van der Waals surface area contributed by atoms with Crippen molar-refractivity contribution in [1.29, 1.82) is 0 Å². The van der Waals surface area contributed by atoms with E-state index in [2.05, 4.69) is 20.6 Å². The van der Waals surface area contributed by atoms with Gasteiger partial charge in [0.1, 0.15) is 5.69 Å². The van der Waals surface area contributed by atoms with Gasteiger partial charge in [-0.3, -0.25) is 4.79 Å². The summed E-state index contributed by atoms with van der Waals surface area (Å²) in [5, 5.41) is 6.11. The number of ether oxygens (including phenoxy) is 1. The Bertz CT molecular complexity index is 612. The van der Waals surface area contributed by atoms with Gasteiger partial charge in [-0.25, -0.2) is 14.8 Å². The van der Waals surface area contributed by atoms with Crippen molar-refractivity contribution >= 4 is 17.9 Å². The Hall–Kier alpha value is -2.38. The molecule has 0 aliphatic carbocycles. The summed E-state index contributed by atoms with van der Waals surface area (Å²) in [7, 11) is 0. The largest absolute Gasteiger partial charge is 0.450 e. The summed E-state index contributed by atoms with van der Waals surface area (Å²) in [4.78, 5) is 34.3. The fraction of sp³-hybridized carbons (Fsp3) is 0.647. The van der Waals surface area contributed by atoms with Crippen LogP contribution in [0, 0.1) is 6.92 Å². The smallest absolute Gasteiger partial charge is 0.409 e. The van der Waals surface area contributed by atoms with Crippen molar-refractivity contribution in [1.82, 2.24) is 20.2 Å². The number of carbonyl (C=O) groups is 2. The van der Waals surface area contributed by atoms with Gasteiger partial charge in [-0.15, -0.1) is 0 Å². The predicted molar refractivity (Wildman–Crippen MR) is 94.6 cm³/mol. The Labute approximate surface area is 148 Å². The van der Waals surface area contributed by atoms with Crippen LogP contribution < -0.4 is 10.6 Å². The van der Waals surface area contributed by atoms with E-state index in [1.807, 2.05) is 20.8 Å². The first kappa shape index (κ1) is 19.0. The molecule has 2 rings (SSSR count). The first-order valence-corrected chi connectivity index (χ1v) is 8.73. The second-order valence-electron chi connectivity index (χ2n) is 6.45. The number of carbonyl (C=O) groups excluding carboxylic acids is 2. The van der Waals surface area contributed by atoms with Crippen LogP contribution in [0.15, 0.2) is 6.07 Å². The van der Waals surface area contributed by atoms with Crippen molar-refractivity contribution in [2.24, 2.45) is 0 Å². The topological polar surface area (TPSA) is 96.5 Å². The van der Waals surface area contributed by atoms with Gasteiger partial charge in [0.25, 0.3) is 5.91 Å². The molecule has 0 radical (unpaired) electrons. The molecule has 1 aromatic heterocycles. The van der Waals surface area contributed by atoms with Crippen LogP contribution in [0.25, 0.3) is 0 Å². The Balaban J connectivity index is 1.96. The molecule has 0 bridgehead atoms. The Morgan fingerprint density at radius 1 is 1.32 bits per heavy atom. The van der Waals surface area contributed by atoms with E-state index in [1.165, 1.54) is 0 Å². The minimum Gasteiger partial charge on any atom is -0.450 e. The Morgan fingerprint density at radius 3 is 2.60 bits per heavy atom. The van der Waals surface area contributed by atoms with Gasteiger partial charge in [-0.1, -0.05) is 0 Å². The van der Waals surface area contributed by atoms with Crippen LogP contribution >= 0.6 is 0 Å². The molecule has 1 aliphatic heterocycles. The first-order valence-electron chi connectivity index (χ1n) is 8.73. The minimum atomic E-state index is -0.264. The highest BCUT2D eigenvalue weighted by molar-refractivity contribution is 5.92. The van der Waals surface area contributed by atoms with Gasteiger partial charge < -0.3 is 20.3 Å². The summed E-state index contributed by atoms with van der Waals surface area (Å²) in [6, 6.07) is 1.88. The van der Waals surface area contributed by atoms with E-state index in [1.54, 1.807) is 17.9 Å². The first-order chi connectivity index (χ1) is 11.9. The molecule has 1 fully saturated rings. The summed E-state index contributed by atoms with van der Waals surface area (Å²) in [6.07, 6.45) is 1.30. The van der Waals surface area contributed by atoms with Gasteiger partial charge in [0, 0.05) is 30.9 Å². The van der Waals surface area contributed by atoms with Crippen LogP contribution in [0.3, 0.4) is 0 Å². The van der Waals surface area contributed by atoms with Gasteiger partial charge >= 0.3 is 6.09 Å². The van der Waals surface area contributed by atoms with Crippen LogP contribution in [-0.4, -0.2) is 58.6 Å². The minimum absolute atomic E-state index is 0.0476. The van der Waals surface area contributed by atoms with Crippen LogP contribution in [0.2, 0.25) is 0 Å². The number of piperidine rings is 1. The number of hydrogen-bond acceptors (Lipinski definition) is 6. The van der Waals surface area contributed by atoms with Crippen molar-refractivity contribution in [3.8, 4) is 0 Å². The number of hydrogen-bond donors (Lipinski definition) is 2. The summed E-state index contributed by atoms with van der Waals surface area (Å²) < 4.78 is 5.02. The molecule has 1 aliphatic rings. The van der Waals surface area contributed by atoms with Crippen LogP contribution in [0.5, 0.6) is 0 Å². The molecule has 0 spiro atoms. The van der Waals surface area contributed by atoms with E-state index in [4.69, 9.17) is 4.74 Å². The zero-order chi connectivity index (χ0) is 18.4. The third-order valence-corrected chi connectivity index (χ3v) is 3.86. The lowest BCUT2D eigenvalue weighted by molar-refractivity contribution is 0.0935. The molecule has 2 amide bonds. The number of nitrogens with zero attached hydrogens (tertiary/aromatic N) is 3. The van der Waals surface area contributed by atoms with Crippen molar-refractivity contribution in [3.05, 3.63) is 17.5 Å². The van der Waals surface area contributed by atoms with Crippen LogP contribution in [0.1, 0.15) is 49.8 Å². The molecule has 2 heterocycles. The quantitative estimate of drug-likeness (QED) is 0.843. The Morgan fingerprint density at radius 2 is 2.00 bits per heavy atom. The lowest BCUT2D eigenvalue weighted by Gasteiger charge is -2.31. The standard InChI is InChI=1S/C17H27N5O3/c1-5-25-17(24)22-8-6-13(7-9-22)20-16-19-12(4)10-14(21-16)15(23)18-11(2)3/h10-11,13H,5-9H2,1-4H3,(H,18,23)(H,19,20,21). The zero-order valence-corrected chi connectivity index (χ0v) is 15.3. The number of aromatic nitrogens is 2. The van der Waals surface area contributed by atoms with E-state index >= 15 is 0 Å². The summed E-state index contributed by atoms with van der Waals surface area (Å²) >= 11 is 0. The summed E-state index contributed by atoms with van der Waals surface area (Å²) in [6.45, 7) is 9.09. The second kappa shape index (κ2) is 8.64. The average molecular weight is 349 g/mol.